The molecule has 6 heteroatoms. The van der Waals surface area contributed by atoms with E-state index in [9.17, 15) is 4.79 Å². The molecule has 33 heavy (non-hydrogen) atoms. The lowest BCUT2D eigenvalue weighted by atomic mass is 10.2. The van der Waals surface area contributed by atoms with Gasteiger partial charge in [-0.25, -0.2) is 4.98 Å². The Hall–Kier alpha value is -3.22. The number of benzene rings is 2. The quantitative estimate of drug-likeness (QED) is 0.336. The first-order valence-electron chi connectivity index (χ1n) is 11.4. The molecule has 0 spiro atoms. The Bertz CT molecular complexity index is 1220. The molecule has 5 nitrogen and oxygen atoms in total. The number of rotatable bonds is 8. The number of carbonyl (C=O) groups excluding carboxylic acids is 1. The van der Waals surface area contributed by atoms with E-state index in [4.69, 9.17) is 9.72 Å². The van der Waals surface area contributed by atoms with Crippen molar-refractivity contribution in [3.63, 3.8) is 0 Å². The Morgan fingerprint density at radius 1 is 1.15 bits per heavy atom. The average molecular weight is 458 g/mol. The highest BCUT2D eigenvalue weighted by Crippen LogP contribution is 2.24. The molecular formula is C27H27N3O2S. The number of carbonyl (C=O) groups is 1. The van der Waals surface area contributed by atoms with E-state index in [1.807, 2.05) is 59.5 Å². The zero-order valence-corrected chi connectivity index (χ0v) is 19.3. The molecule has 0 saturated carbocycles. The molecule has 1 aliphatic heterocycles. The van der Waals surface area contributed by atoms with Crippen molar-refractivity contribution in [2.24, 2.45) is 0 Å². The predicted octanol–water partition coefficient (Wildman–Crippen LogP) is 5.33. The molecule has 2 aromatic carbocycles. The van der Waals surface area contributed by atoms with Crippen molar-refractivity contribution < 1.29 is 9.53 Å². The minimum Gasteiger partial charge on any atom is -0.376 e. The van der Waals surface area contributed by atoms with Gasteiger partial charge in [0, 0.05) is 55.0 Å². The van der Waals surface area contributed by atoms with Crippen molar-refractivity contribution in [1.29, 1.82) is 0 Å². The maximum atomic E-state index is 13.1. The SMILES string of the molecule is O=C(/C=C/c1ccccc1)N(CCc1csc2nc(-c3ccccc3)cn12)CC1CCCO1. The molecule has 1 aliphatic rings. The standard InChI is InChI=1S/C27H27N3O2S/c31-26(14-13-21-8-3-1-4-9-21)29(18-24-12-7-17-32-24)16-15-23-20-33-27-28-25(19-30(23)27)22-10-5-2-6-11-22/h1-6,8-11,13-14,19-20,24H,7,12,15-18H2/b14-13+. The van der Waals surface area contributed by atoms with Crippen LogP contribution in [-0.2, 0) is 16.0 Å². The second-order valence-electron chi connectivity index (χ2n) is 8.29. The largest absolute Gasteiger partial charge is 0.376 e. The van der Waals surface area contributed by atoms with Gasteiger partial charge in [-0.3, -0.25) is 9.20 Å². The lowest BCUT2D eigenvalue weighted by molar-refractivity contribution is -0.127. The van der Waals surface area contributed by atoms with Crippen LogP contribution in [0.1, 0.15) is 24.1 Å². The lowest BCUT2D eigenvalue weighted by Gasteiger charge is -2.24. The number of amides is 1. The van der Waals surface area contributed by atoms with Crippen LogP contribution in [-0.4, -0.2) is 46.0 Å². The van der Waals surface area contributed by atoms with Gasteiger partial charge in [0.2, 0.25) is 5.91 Å². The fourth-order valence-electron chi connectivity index (χ4n) is 4.17. The summed E-state index contributed by atoms with van der Waals surface area (Å²) in [6, 6.07) is 20.2. The maximum Gasteiger partial charge on any atom is 0.246 e. The van der Waals surface area contributed by atoms with Crippen molar-refractivity contribution in [3.05, 3.63) is 89.6 Å². The Morgan fingerprint density at radius 2 is 1.94 bits per heavy atom. The van der Waals surface area contributed by atoms with E-state index in [2.05, 4.69) is 28.1 Å². The van der Waals surface area contributed by atoms with Crippen molar-refractivity contribution in [3.8, 4) is 11.3 Å². The topological polar surface area (TPSA) is 46.8 Å². The Kier molecular flexibility index (Phi) is 6.65. The predicted molar refractivity (Wildman–Crippen MR) is 133 cm³/mol. The molecule has 4 aromatic rings. The van der Waals surface area contributed by atoms with Gasteiger partial charge in [-0.1, -0.05) is 60.7 Å². The minimum atomic E-state index is 0.0245. The van der Waals surface area contributed by atoms with E-state index in [-0.39, 0.29) is 12.0 Å². The summed E-state index contributed by atoms with van der Waals surface area (Å²) in [7, 11) is 0. The number of nitrogens with zero attached hydrogens (tertiary/aromatic N) is 3. The van der Waals surface area contributed by atoms with Crippen LogP contribution in [0.4, 0.5) is 0 Å². The van der Waals surface area contributed by atoms with Gasteiger partial charge in [-0.05, 0) is 24.5 Å². The monoisotopic (exact) mass is 457 g/mol. The van der Waals surface area contributed by atoms with Gasteiger partial charge < -0.3 is 9.64 Å². The highest BCUT2D eigenvalue weighted by atomic mass is 32.1. The number of ether oxygens (including phenoxy) is 1. The van der Waals surface area contributed by atoms with Crippen molar-refractivity contribution in [2.45, 2.75) is 25.4 Å². The maximum absolute atomic E-state index is 13.1. The van der Waals surface area contributed by atoms with E-state index < -0.39 is 0 Å². The number of hydrogen-bond donors (Lipinski definition) is 0. The summed E-state index contributed by atoms with van der Waals surface area (Å²) >= 11 is 1.64. The fourth-order valence-corrected chi connectivity index (χ4v) is 5.08. The molecule has 0 radical (unpaired) electrons. The van der Waals surface area contributed by atoms with Gasteiger partial charge in [0.25, 0.3) is 0 Å². The summed E-state index contributed by atoms with van der Waals surface area (Å²) in [6.07, 6.45) is 8.62. The molecule has 3 heterocycles. The van der Waals surface area contributed by atoms with E-state index in [1.165, 1.54) is 5.69 Å². The van der Waals surface area contributed by atoms with Crippen LogP contribution in [0.5, 0.6) is 0 Å². The van der Waals surface area contributed by atoms with Gasteiger partial charge in [-0.2, -0.15) is 0 Å². The highest BCUT2D eigenvalue weighted by molar-refractivity contribution is 7.15. The van der Waals surface area contributed by atoms with E-state index in [0.717, 1.165) is 47.7 Å². The first kappa shape index (κ1) is 21.6. The second-order valence-corrected chi connectivity index (χ2v) is 9.12. The summed E-state index contributed by atoms with van der Waals surface area (Å²) in [4.78, 5) is 20.8. The first-order valence-corrected chi connectivity index (χ1v) is 12.3. The van der Waals surface area contributed by atoms with Crippen molar-refractivity contribution >= 4 is 28.3 Å². The fraction of sp³-hybridized carbons (Fsp3) is 0.259. The molecule has 2 aromatic heterocycles. The third kappa shape index (κ3) is 5.24. The van der Waals surface area contributed by atoms with Gasteiger partial charge in [0.1, 0.15) is 0 Å². The Labute approximate surface area is 198 Å². The molecular weight excluding hydrogens is 430 g/mol. The summed E-state index contributed by atoms with van der Waals surface area (Å²) < 4.78 is 7.98. The number of hydrogen-bond acceptors (Lipinski definition) is 4. The van der Waals surface area contributed by atoms with Crippen LogP contribution >= 0.6 is 11.3 Å². The lowest BCUT2D eigenvalue weighted by Crippen LogP contribution is -2.37. The van der Waals surface area contributed by atoms with Crippen LogP contribution in [0.2, 0.25) is 0 Å². The normalized spacial score (nSPS) is 16.1. The van der Waals surface area contributed by atoms with Crippen molar-refractivity contribution in [1.82, 2.24) is 14.3 Å². The molecule has 1 atom stereocenters. The summed E-state index contributed by atoms with van der Waals surface area (Å²) in [5.74, 6) is 0.0245. The summed E-state index contributed by atoms with van der Waals surface area (Å²) in [5, 5.41) is 2.14. The number of imidazole rings is 1. The van der Waals surface area contributed by atoms with E-state index >= 15 is 0 Å². The highest BCUT2D eigenvalue weighted by Gasteiger charge is 2.22. The molecule has 1 unspecified atom stereocenters. The Morgan fingerprint density at radius 3 is 2.70 bits per heavy atom. The zero-order valence-electron chi connectivity index (χ0n) is 18.5. The second kappa shape index (κ2) is 10.1. The van der Waals surface area contributed by atoms with Crippen LogP contribution in [0, 0.1) is 0 Å². The first-order chi connectivity index (χ1) is 16.3. The molecule has 1 amide bonds. The van der Waals surface area contributed by atoms with Gasteiger partial charge in [0.05, 0.1) is 11.8 Å². The van der Waals surface area contributed by atoms with E-state index in [1.54, 1.807) is 17.4 Å². The van der Waals surface area contributed by atoms with Crippen molar-refractivity contribution in [2.75, 3.05) is 19.7 Å². The zero-order chi connectivity index (χ0) is 22.5. The van der Waals surface area contributed by atoms with Gasteiger partial charge >= 0.3 is 0 Å². The van der Waals surface area contributed by atoms with E-state index in [0.29, 0.717) is 13.1 Å². The number of thiazole rings is 1. The molecule has 0 bridgehead atoms. The number of aromatic nitrogens is 2. The molecule has 5 rings (SSSR count). The smallest absolute Gasteiger partial charge is 0.246 e. The van der Waals surface area contributed by atoms with Crippen LogP contribution in [0.25, 0.3) is 22.3 Å². The Balaban J connectivity index is 1.31. The third-order valence-electron chi connectivity index (χ3n) is 5.97. The van der Waals surface area contributed by atoms with Gasteiger partial charge in [-0.15, -0.1) is 11.3 Å². The van der Waals surface area contributed by atoms with Crippen LogP contribution in [0.15, 0.2) is 78.3 Å². The van der Waals surface area contributed by atoms with Crippen LogP contribution in [0.3, 0.4) is 0 Å². The molecule has 0 aliphatic carbocycles. The van der Waals surface area contributed by atoms with Crippen LogP contribution < -0.4 is 0 Å². The number of fused-ring (bicyclic) bond motifs is 1. The van der Waals surface area contributed by atoms with Gasteiger partial charge in [0.15, 0.2) is 4.96 Å². The molecule has 1 fully saturated rings. The molecule has 1 saturated heterocycles. The third-order valence-corrected chi connectivity index (χ3v) is 6.86. The minimum absolute atomic E-state index is 0.0245. The summed E-state index contributed by atoms with van der Waals surface area (Å²) in [5.41, 5.74) is 4.28. The summed E-state index contributed by atoms with van der Waals surface area (Å²) in [6.45, 7) is 2.06. The average Bonchev–Trinajstić information content (AvgIpc) is 3.60. The molecule has 0 N–H and O–H groups in total. The molecule has 168 valence electrons.